The van der Waals surface area contributed by atoms with Crippen LogP contribution < -0.4 is 0 Å². The van der Waals surface area contributed by atoms with Gasteiger partial charge in [0, 0.05) is 12.8 Å². The zero-order chi connectivity index (χ0) is 50.3. The Kier molecular flexibility index (Phi) is 21.6. The van der Waals surface area contributed by atoms with Crippen molar-refractivity contribution in [1.82, 2.24) is 0 Å². The van der Waals surface area contributed by atoms with Crippen LogP contribution in [0.15, 0.2) is 130 Å². The van der Waals surface area contributed by atoms with E-state index in [2.05, 4.69) is 196 Å². The highest BCUT2D eigenvalue weighted by Crippen LogP contribution is 2.44. The van der Waals surface area contributed by atoms with Gasteiger partial charge in [-0.15, -0.1) is 0 Å². The highest BCUT2D eigenvalue weighted by atomic mass is 16.7. The van der Waals surface area contributed by atoms with Crippen molar-refractivity contribution in [3.63, 3.8) is 0 Å². The number of hydrogen-bond acceptors (Lipinski definition) is 6. The van der Waals surface area contributed by atoms with E-state index in [4.69, 9.17) is 18.9 Å². The Hall–Kier alpha value is -4.32. The second-order valence-electron chi connectivity index (χ2n) is 23.3. The van der Waals surface area contributed by atoms with Gasteiger partial charge < -0.3 is 18.9 Å². The molecule has 0 aromatic carbocycles. The summed E-state index contributed by atoms with van der Waals surface area (Å²) in [7, 11) is 0. The van der Waals surface area contributed by atoms with E-state index in [-0.39, 0.29) is 35.2 Å². The summed E-state index contributed by atoms with van der Waals surface area (Å²) in [6.07, 6.45) is 38.0. The van der Waals surface area contributed by atoms with Crippen LogP contribution in [0.2, 0.25) is 0 Å². The zero-order valence-corrected chi connectivity index (χ0v) is 45.4. The third kappa shape index (κ3) is 17.9. The Balaban J connectivity index is 1.22. The van der Waals surface area contributed by atoms with Crippen LogP contribution in [-0.4, -0.2) is 36.7 Å². The van der Waals surface area contributed by atoms with Crippen molar-refractivity contribution in [2.45, 2.75) is 199 Å². The SMILES string of the molecule is CC1=C(/C=C/C(C)=C/C=C/C(C)=C/C=C/C=C(C)/C=C/C=C(C)/C=C/C2=C(C)C[C@@H](OC(=O)O[C@H]3C[C@@H](C(C)C)CC[C@@H]3C)CC2(C)C)C(C)(C)C[C@H](OC(=O)O[C@H]2C[C@@H](C(C)C)CC[C@@H]2C)C1. The second kappa shape index (κ2) is 26.0. The summed E-state index contributed by atoms with van der Waals surface area (Å²) in [4.78, 5) is 25.9. The molecule has 2 saturated carbocycles. The van der Waals surface area contributed by atoms with Crippen molar-refractivity contribution in [2.24, 2.45) is 46.3 Å². The van der Waals surface area contributed by atoms with E-state index in [1.54, 1.807) is 0 Å². The van der Waals surface area contributed by atoms with Crippen molar-refractivity contribution in [3.8, 4) is 0 Å². The van der Waals surface area contributed by atoms with Gasteiger partial charge in [-0.1, -0.05) is 188 Å². The van der Waals surface area contributed by atoms with Crippen LogP contribution in [0.25, 0.3) is 0 Å². The first-order chi connectivity index (χ1) is 31.9. The Morgan fingerprint density at radius 3 is 1.19 bits per heavy atom. The third-order valence-electron chi connectivity index (χ3n) is 15.4. The number of ether oxygens (including phenoxy) is 4. The summed E-state index contributed by atoms with van der Waals surface area (Å²) in [5.74, 6) is 3.15. The fourth-order valence-corrected chi connectivity index (χ4v) is 11.0. The van der Waals surface area contributed by atoms with Gasteiger partial charge in [0.05, 0.1) is 0 Å². The fraction of sp³-hybridized carbons (Fsp3) is 0.613. The fourth-order valence-electron chi connectivity index (χ4n) is 11.0. The minimum Gasteiger partial charge on any atom is -0.431 e. The molecule has 4 aliphatic rings. The minimum atomic E-state index is -0.506. The van der Waals surface area contributed by atoms with E-state index in [0.717, 1.165) is 62.5 Å². The summed E-state index contributed by atoms with van der Waals surface area (Å²) in [6.45, 7) is 35.2. The number of allylic oxidation sites excluding steroid dienone is 20. The molecule has 0 bridgehead atoms. The number of carbonyl (C=O) groups excluding carboxylic acids is 2. The summed E-state index contributed by atoms with van der Waals surface area (Å²) in [6, 6.07) is 0. The van der Waals surface area contributed by atoms with E-state index < -0.39 is 12.3 Å². The molecular formula is C62H92O6. The maximum absolute atomic E-state index is 12.9. The topological polar surface area (TPSA) is 71.1 Å². The average molecular weight is 933 g/mol. The van der Waals surface area contributed by atoms with Crippen LogP contribution in [-0.2, 0) is 18.9 Å². The summed E-state index contributed by atoms with van der Waals surface area (Å²) in [5.41, 5.74) is 9.55. The maximum atomic E-state index is 12.9. The highest BCUT2D eigenvalue weighted by molar-refractivity contribution is 5.61. The van der Waals surface area contributed by atoms with Gasteiger partial charge in [-0.05, 0) is 150 Å². The number of carbonyl (C=O) groups is 2. The van der Waals surface area contributed by atoms with Gasteiger partial charge in [0.2, 0.25) is 0 Å². The molecule has 376 valence electrons. The first-order valence-electron chi connectivity index (χ1n) is 26.2. The van der Waals surface area contributed by atoms with Crippen molar-refractivity contribution < 1.29 is 28.5 Å². The van der Waals surface area contributed by atoms with E-state index in [1.165, 1.54) is 46.3 Å². The standard InChI is InChI=1S/C62H92O6/c1-41(2)51-31-29-47(9)57(37-51)67-59(63)65-53-35-49(11)55(61(13,14)39-53)33-27-45(7)25-19-23-43(5)21-17-18-22-44(6)24-20-26-46(8)28-34-56-50(12)36-54(40-62(56,15)16)66-60(64)68-58-38-52(42(3)4)32-30-48(58)10/h17-28,33-34,41-42,47-48,51-54,57-58H,29-32,35-40H2,1-16H3/b18-17+,23-19+,24-20+,33-27+,34-28+,43-21+,44-22+,45-25+,46-26+/t47-,48-,51-,52-,53+,54+,57-,58-/m0/s1. The van der Waals surface area contributed by atoms with E-state index in [1.807, 2.05) is 0 Å². The molecule has 0 saturated heterocycles. The summed E-state index contributed by atoms with van der Waals surface area (Å²) < 4.78 is 23.7. The second-order valence-corrected chi connectivity index (χ2v) is 23.3. The van der Waals surface area contributed by atoms with Crippen molar-refractivity contribution in [2.75, 3.05) is 0 Å². The van der Waals surface area contributed by atoms with Crippen LogP contribution in [0.5, 0.6) is 0 Å². The molecule has 8 atom stereocenters. The Labute approximate surface area is 414 Å². The molecule has 0 aliphatic heterocycles. The molecule has 4 rings (SSSR count). The highest BCUT2D eigenvalue weighted by Gasteiger charge is 2.38. The van der Waals surface area contributed by atoms with Gasteiger partial charge in [0.25, 0.3) is 0 Å². The lowest BCUT2D eigenvalue weighted by molar-refractivity contribution is -0.0453. The maximum Gasteiger partial charge on any atom is 0.508 e. The first kappa shape index (κ1) is 56.3. The first-order valence-corrected chi connectivity index (χ1v) is 26.2. The zero-order valence-electron chi connectivity index (χ0n) is 45.4. The van der Waals surface area contributed by atoms with Gasteiger partial charge in [0.15, 0.2) is 0 Å². The van der Waals surface area contributed by atoms with Gasteiger partial charge >= 0.3 is 12.3 Å². The molecule has 0 aromatic rings. The lowest BCUT2D eigenvalue weighted by Gasteiger charge is -2.38. The minimum absolute atomic E-state index is 0.0563. The van der Waals surface area contributed by atoms with Crippen LogP contribution in [0.1, 0.15) is 175 Å². The molecule has 2 fully saturated rings. The lowest BCUT2D eigenvalue weighted by atomic mass is 9.71. The quantitative estimate of drug-likeness (QED) is 0.113. The third-order valence-corrected chi connectivity index (χ3v) is 15.4. The van der Waals surface area contributed by atoms with Gasteiger partial charge in [0.1, 0.15) is 24.4 Å². The predicted octanol–water partition coefficient (Wildman–Crippen LogP) is 17.8. The molecule has 6 heteroatoms. The predicted molar refractivity (Wildman–Crippen MR) is 285 cm³/mol. The van der Waals surface area contributed by atoms with Gasteiger partial charge in [-0.3, -0.25) is 0 Å². The van der Waals surface area contributed by atoms with Crippen LogP contribution in [0.4, 0.5) is 9.59 Å². The molecule has 0 amide bonds. The van der Waals surface area contributed by atoms with Gasteiger partial charge in [-0.25, -0.2) is 9.59 Å². The van der Waals surface area contributed by atoms with E-state index in [9.17, 15) is 9.59 Å². The Morgan fingerprint density at radius 2 is 0.853 bits per heavy atom. The molecule has 0 radical (unpaired) electrons. The normalized spacial score (nSPS) is 29.1. The number of rotatable bonds is 16. The Bertz CT molecular complexity index is 1920. The molecular weight excluding hydrogens is 841 g/mol. The van der Waals surface area contributed by atoms with E-state index in [0.29, 0.717) is 35.5 Å². The molecule has 0 aromatic heterocycles. The average Bonchev–Trinajstić information content (AvgIpc) is 3.22. The monoisotopic (exact) mass is 933 g/mol. The molecule has 68 heavy (non-hydrogen) atoms. The van der Waals surface area contributed by atoms with Crippen molar-refractivity contribution in [1.29, 1.82) is 0 Å². The van der Waals surface area contributed by atoms with Crippen molar-refractivity contribution >= 4 is 12.3 Å². The Morgan fingerprint density at radius 1 is 0.515 bits per heavy atom. The van der Waals surface area contributed by atoms with E-state index >= 15 is 0 Å². The molecule has 6 nitrogen and oxygen atoms in total. The summed E-state index contributed by atoms with van der Waals surface area (Å²) in [5, 5.41) is 0. The molecule has 0 spiro atoms. The van der Waals surface area contributed by atoms with Crippen LogP contribution in [0.3, 0.4) is 0 Å². The largest absolute Gasteiger partial charge is 0.508 e. The smallest absolute Gasteiger partial charge is 0.431 e. The lowest BCUT2D eigenvalue weighted by Crippen LogP contribution is -2.36. The molecule has 0 unspecified atom stereocenters. The van der Waals surface area contributed by atoms with Gasteiger partial charge in [-0.2, -0.15) is 0 Å². The number of hydrogen-bond donors (Lipinski definition) is 0. The molecule has 0 N–H and O–H groups in total. The summed E-state index contributed by atoms with van der Waals surface area (Å²) >= 11 is 0. The molecule has 4 aliphatic carbocycles. The van der Waals surface area contributed by atoms with Crippen LogP contribution >= 0.6 is 0 Å². The van der Waals surface area contributed by atoms with Crippen molar-refractivity contribution in [3.05, 3.63) is 130 Å². The molecule has 0 heterocycles. The van der Waals surface area contributed by atoms with Crippen LogP contribution in [0, 0.1) is 46.3 Å².